The molecule has 0 spiro atoms. The Morgan fingerprint density at radius 2 is 1.29 bits per heavy atom. The first kappa shape index (κ1) is 18.0. The lowest BCUT2D eigenvalue weighted by Gasteiger charge is -2.10. The second-order valence-electron chi connectivity index (χ2n) is 6.50. The zero-order valence-corrected chi connectivity index (χ0v) is 14.9. The molecule has 28 heavy (non-hydrogen) atoms. The van der Waals surface area contributed by atoms with Crippen LogP contribution in [0.3, 0.4) is 0 Å². The number of halogens is 3. The lowest BCUT2D eigenvalue weighted by molar-refractivity contribution is -0.137. The van der Waals surface area contributed by atoms with Gasteiger partial charge in [-0.2, -0.15) is 18.3 Å². The number of benzene rings is 3. The minimum absolute atomic E-state index is 0.384. The molecule has 0 aliphatic heterocycles. The molecule has 2 nitrogen and oxygen atoms in total. The number of hydrogen-bond donors (Lipinski definition) is 0. The Morgan fingerprint density at radius 3 is 1.86 bits per heavy atom. The van der Waals surface area contributed by atoms with Crippen molar-refractivity contribution in [1.82, 2.24) is 9.78 Å². The van der Waals surface area contributed by atoms with Gasteiger partial charge in [-0.05, 0) is 29.3 Å². The monoisotopic (exact) mass is 378 g/mol. The number of alkyl halides is 3. The average Bonchev–Trinajstić information content (AvgIpc) is 3.13. The normalized spacial score (nSPS) is 11.5. The fourth-order valence-electron chi connectivity index (χ4n) is 3.10. The summed E-state index contributed by atoms with van der Waals surface area (Å²) in [5.41, 5.74) is 3.85. The first-order chi connectivity index (χ1) is 13.5. The summed E-state index contributed by atoms with van der Waals surface area (Å²) in [5.74, 6) is 0. The summed E-state index contributed by atoms with van der Waals surface area (Å²) in [6.07, 6.45) is -4.33. The van der Waals surface area contributed by atoms with E-state index in [1.807, 2.05) is 71.4 Å². The third kappa shape index (κ3) is 3.83. The molecule has 5 heteroatoms. The van der Waals surface area contributed by atoms with E-state index in [0.29, 0.717) is 6.54 Å². The Balaban J connectivity index is 1.72. The third-order valence-corrected chi connectivity index (χ3v) is 4.53. The maximum atomic E-state index is 12.8. The van der Waals surface area contributed by atoms with Gasteiger partial charge in [-0.15, -0.1) is 0 Å². The van der Waals surface area contributed by atoms with Gasteiger partial charge in [0.05, 0.1) is 23.5 Å². The molecule has 4 aromatic rings. The Hall–Kier alpha value is -3.34. The van der Waals surface area contributed by atoms with Crippen LogP contribution < -0.4 is 0 Å². The molecule has 0 amide bonds. The van der Waals surface area contributed by atoms with Crippen LogP contribution in [0.5, 0.6) is 0 Å². The Morgan fingerprint density at radius 1 is 0.714 bits per heavy atom. The Labute approximate surface area is 160 Å². The fraction of sp³-hybridized carbons (Fsp3) is 0.0870. The van der Waals surface area contributed by atoms with Crippen LogP contribution >= 0.6 is 0 Å². The van der Waals surface area contributed by atoms with Gasteiger partial charge in [-0.3, -0.25) is 4.68 Å². The molecule has 0 atom stereocenters. The predicted molar refractivity (Wildman–Crippen MR) is 104 cm³/mol. The lowest BCUT2D eigenvalue weighted by Crippen LogP contribution is -2.07. The van der Waals surface area contributed by atoms with Crippen molar-refractivity contribution in [3.05, 3.63) is 102 Å². The first-order valence-corrected chi connectivity index (χ1v) is 8.85. The van der Waals surface area contributed by atoms with Crippen LogP contribution in [0, 0.1) is 0 Å². The van der Waals surface area contributed by atoms with Crippen LogP contribution in [-0.2, 0) is 12.7 Å². The van der Waals surface area contributed by atoms with Crippen molar-refractivity contribution >= 4 is 0 Å². The number of hydrogen-bond acceptors (Lipinski definition) is 1. The molecular weight excluding hydrogens is 361 g/mol. The van der Waals surface area contributed by atoms with Gasteiger partial charge in [0.1, 0.15) is 0 Å². The quantitative estimate of drug-likeness (QED) is 0.408. The van der Waals surface area contributed by atoms with E-state index in [0.717, 1.165) is 40.2 Å². The maximum Gasteiger partial charge on any atom is 0.416 e. The number of rotatable bonds is 4. The molecular formula is C23H17F3N2. The molecule has 0 aliphatic rings. The standard InChI is InChI=1S/C23H17F3N2/c24-23(25,26)20-13-11-17(12-14-20)16-28-22(19-9-5-2-6-10-19)15-21(27-28)18-7-3-1-4-8-18/h1-15H,16H2. The molecule has 140 valence electrons. The van der Waals surface area contributed by atoms with Gasteiger partial charge in [-0.1, -0.05) is 72.8 Å². The molecule has 0 saturated carbocycles. The van der Waals surface area contributed by atoms with Gasteiger partial charge in [0.25, 0.3) is 0 Å². The van der Waals surface area contributed by atoms with E-state index in [-0.39, 0.29) is 0 Å². The Kier molecular flexibility index (Phi) is 4.74. The maximum absolute atomic E-state index is 12.8. The van der Waals surface area contributed by atoms with Crippen molar-refractivity contribution in [3.8, 4) is 22.5 Å². The van der Waals surface area contributed by atoms with Gasteiger partial charge in [0.15, 0.2) is 0 Å². The second-order valence-corrected chi connectivity index (χ2v) is 6.50. The second kappa shape index (κ2) is 7.35. The highest BCUT2D eigenvalue weighted by Gasteiger charge is 2.29. The summed E-state index contributed by atoms with van der Waals surface area (Å²) in [6.45, 7) is 0.384. The summed E-state index contributed by atoms with van der Waals surface area (Å²) < 4.78 is 40.2. The minimum atomic E-state index is -4.33. The van der Waals surface area contributed by atoms with Crippen LogP contribution in [0.15, 0.2) is 91.0 Å². The van der Waals surface area contributed by atoms with E-state index in [1.54, 1.807) is 0 Å². The highest BCUT2D eigenvalue weighted by atomic mass is 19.4. The molecule has 0 fully saturated rings. The fourth-order valence-corrected chi connectivity index (χ4v) is 3.10. The van der Waals surface area contributed by atoms with Crippen molar-refractivity contribution in [3.63, 3.8) is 0 Å². The van der Waals surface area contributed by atoms with Crippen molar-refractivity contribution in [2.45, 2.75) is 12.7 Å². The molecule has 3 aromatic carbocycles. The topological polar surface area (TPSA) is 17.8 Å². The third-order valence-electron chi connectivity index (χ3n) is 4.53. The van der Waals surface area contributed by atoms with E-state index in [2.05, 4.69) is 0 Å². The van der Waals surface area contributed by atoms with Gasteiger partial charge in [0, 0.05) is 5.56 Å². The largest absolute Gasteiger partial charge is 0.416 e. The number of aromatic nitrogens is 2. The molecule has 1 aromatic heterocycles. The summed E-state index contributed by atoms with van der Waals surface area (Å²) in [4.78, 5) is 0. The summed E-state index contributed by atoms with van der Waals surface area (Å²) in [7, 11) is 0. The predicted octanol–water partition coefficient (Wildman–Crippen LogP) is 6.28. The zero-order chi connectivity index (χ0) is 19.6. The lowest BCUT2D eigenvalue weighted by atomic mass is 10.1. The molecule has 0 bridgehead atoms. The summed E-state index contributed by atoms with van der Waals surface area (Å²) in [6, 6.07) is 26.9. The van der Waals surface area contributed by atoms with Crippen molar-refractivity contribution < 1.29 is 13.2 Å². The zero-order valence-electron chi connectivity index (χ0n) is 14.9. The van der Waals surface area contributed by atoms with Gasteiger partial charge in [0.2, 0.25) is 0 Å². The van der Waals surface area contributed by atoms with Crippen molar-refractivity contribution in [2.75, 3.05) is 0 Å². The van der Waals surface area contributed by atoms with E-state index >= 15 is 0 Å². The van der Waals surface area contributed by atoms with Gasteiger partial charge in [-0.25, -0.2) is 0 Å². The van der Waals surface area contributed by atoms with Crippen LogP contribution in [0.25, 0.3) is 22.5 Å². The highest BCUT2D eigenvalue weighted by molar-refractivity contribution is 5.68. The highest BCUT2D eigenvalue weighted by Crippen LogP contribution is 2.30. The molecule has 0 unspecified atom stereocenters. The van der Waals surface area contributed by atoms with E-state index < -0.39 is 11.7 Å². The van der Waals surface area contributed by atoms with Crippen LogP contribution in [0.1, 0.15) is 11.1 Å². The molecule has 0 saturated heterocycles. The summed E-state index contributed by atoms with van der Waals surface area (Å²) >= 11 is 0. The molecule has 1 heterocycles. The van der Waals surface area contributed by atoms with Crippen molar-refractivity contribution in [1.29, 1.82) is 0 Å². The average molecular weight is 378 g/mol. The van der Waals surface area contributed by atoms with Gasteiger partial charge < -0.3 is 0 Å². The Bertz CT molecular complexity index is 1050. The smallest absolute Gasteiger partial charge is 0.260 e. The molecule has 0 aliphatic carbocycles. The molecule has 0 radical (unpaired) electrons. The van der Waals surface area contributed by atoms with Crippen LogP contribution in [0.2, 0.25) is 0 Å². The first-order valence-electron chi connectivity index (χ1n) is 8.85. The minimum Gasteiger partial charge on any atom is -0.260 e. The van der Waals surface area contributed by atoms with Crippen molar-refractivity contribution in [2.24, 2.45) is 0 Å². The summed E-state index contributed by atoms with van der Waals surface area (Å²) in [5, 5.41) is 4.72. The molecule has 4 rings (SSSR count). The van der Waals surface area contributed by atoms with Gasteiger partial charge >= 0.3 is 6.18 Å². The van der Waals surface area contributed by atoms with Crippen LogP contribution in [0.4, 0.5) is 13.2 Å². The van der Waals surface area contributed by atoms with Crippen LogP contribution in [-0.4, -0.2) is 9.78 Å². The van der Waals surface area contributed by atoms with E-state index in [4.69, 9.17) is 5.10 Å². The number of nitrogens with zero attached hydrogens (tertiary/aromatic N) is 2. The van der Waals surface area contributed by atoms with E-state index in [1.165, 1.54) is 12.1 Å². The SMILES string of the molecule is FC(F)(F)c1ccc(Cn2nc(-c3ccccc3)cc2-c2ccccc2)cc1. The molecule has 0 N–H and O–H groups in total. The van der Waals surface area contributed by atoms with E-state index in [9.17, 15) is 13.2 Å².